The van der Waals surface area contributed by atoms with Crippen LogP contribution in [0, 0.1) is 13.8 Å². The number of allylic oxidation sites excluding steroid dienone is 1. The number of rotatable bonds is 7. The van der Waals surface area contributed by atoms with Gasteiger partial charge in [0, 0.05) is 24.4 Å². The summed E-state index contributed by atoms with van der Waals surface area (Å²) in [4.78, 5) is 12.7. The van der Waals surface area contributed by atoms with E-state index < -0.39 is 0 Å². The molecule has 31 heavy (non-hydrogen) atoms. The van der Waals surface area contributed by atoms with Crippen LogP contribution in [0.4, 0.5) is 0 Å². The van der Waals surface area contributed by atoms with Gasteiger partial charge in [0.05, 0.1) is 33.4 Å². The first kappa shape index (κ1) is 23.2. The minimum atomic E-state index is -0.0979. The molecule has 3 aromatic rings. The van der Waals surface area contributed by atoms with Crippen molar-refractivity contribution in [2.45, 2.75) is 20.5 Å². The number of halogens is 3. The fourth-order valence-corrected chi connectivity index (χ4v) is 3.76. The summed E-state index contributed by atoms with van der Waals surface area (Å²) in [6.45, 7) is 3.89. The van der Waals surface area contributed by atoms with Crippen LogP contribution in [0.2, 0.25) is 15.1 Å². The number of hydrogen-bond donors (Lipinski definition) is 0. The zero-order valence-corrected chi connectivity index (χ0v) is 19.8. The van der Waals surface area contributed by atoms with E-state index in [0.717, 1.165) is 16.8 Å². The summed E-state index contributed by atoms with van der Waals surface area (Å²) in [6, 6.07) is 8.67. The van der Waals surface area contributed by atoms with Crippen LogP contribution in [0.5, 0.6) is 11.5 Å². The summed E-state index contributed by atoms with van der Waals surface area (Å²) >= 11 is 18.2. The van der Waals surface area contributed by atoms with E-state index in [9.17, 15) is 4.79 Å². The van der Waals surface area contributed by atoms with Crippen LogP contribution < -0.4 is 9.47 Å². The molecule has 0 aliphatic carbocycles. The van der Waals surface area contributed by atoms with E-state index in [1.165, 1.54) is 6.07 Å². The minimum Gasteiger partial charge on any atom is -0.496 e. The number of methoxy groups -OCH3 is 1. The number of aromatic nitrogens is 2. The minimum absolute atomic E-state index is 0.0979. The average Bonchev–Trinajstić information content (AvgIpc) is 2.99. The molecule has 0 saturated carbocycles. The highest BCUT2D eigenvalue weighted by molar-refractivity contribution is 6.43. The van der Waals surface area contributed by atoms with Gasteiger partial charge >= 0.3 is 0 Å². The fraction of sp³-hybridized carbons (Fsp3) is 0.217. The molecule has 0 saturated heterocycles. The number of ether oxygens (including phenoxy) is 2. The van der Waals surface area contributed by atoms with Crippen molar-refractivity contribution >= 4 is 46.7 Å². The number of aryl methyl sites for hydroxylation is 2. The van der Waals surface area contributed by atoms with E-state index >= 15 is 0 Å². The van der Waals surface area contributed by atoms with Gasteiger partial charge < -0.3 is 9.47 Å². The molecule has 2 aromatic carbocycles. The van der Waals surface area contributed by atoms with Crippen LogP contribution in [0.1, 0.15) is 32.9 Å². The van der Waals surface area contributed by atoms with Gasteiger partial charge in [-0.05, 0) is 43.7 Å². The topological polar surface area (TPSA) is 53.3 Å². The molecule has 0 fully saturated rings. The van der Waals surface area contributed by atoms with Crippen LogP contribution in [0.15, 0.2) is 36.4 Å². The maximum atomic E-state index is 12.7. The lowest BCUT2D eigenvalue weighted by Gasteiger charge is -2.13. The molecule has 3 rings (SSSR count). The number of benzene rings is 2. The molecule has 0 radical (unpaired) electrons. The molecule has 162 valence electrons. The Morgan fingerprint density at radius 1 is 1.06 bits per heavy atom. The lowest BCUT2D eigenvalue weighted by atomic mass is 10.1. The lowest BCUT2D eigenvalue weighted by molar-refractivity contribution is 0.104. The summed E-state index contributed by atoms with van der Waals surface area (Å²) in [5.74, 6) is 0.967. The smallest absolute Gasteiger partial charge is 0.189 e. The Morgan fingerprint density at radius 2 is 1.77 bits per heavy atom. The number of ketones is 1. The molecule has 0 amide bonds. The summed E-state index contributed by atoms with van der Waals surface area (Å²) < 4.78 is 13.0. The highest BCUT2D eigenvalue weighted by Crippen LogP contribution is 2.34. The van der Waals surface area contributed by atoms with Crippen LogP contribution in [0.3, 0.4) is 0 Å². The highest BCUT2D eigenvalue weighted by atomic mass is 35.5. The van der Waals surface area contributed by atoms with Crippen molar-refractivity contribution in [2.75, 3.05) is 7.11 Å². The van der Waals surface area contributed by atoms with Gasteiger partial charge in [-0.3, -0.25) is 9.48 Å². The van der Waals surface area contributed by atoms with E-state index in [0.29, 0.717) is 37.8 Å². The highest BCUT2D eigenvalue weighted by Gasteiger charge is 2.15. The molecular weight excluding hydrogens is 459 g/mol. The monoisotopic (exact) mass is 478 g/mol. The van der Waals surface area contributed by atoms with E-state index in [1.807, 2.05) is 39.1 Å². The van der Waals surface area contributed by atoms with Crippen molar-refractivity contribution in [3.05, 3.63) is 79.6 Å². The molecule has 5 nitrogen and oxygen atoms in total. The maximum absolute atomic E-state index is 12.7. The first-order valence-corrected chi connectivity index (χ1v) is 10.5. The third-order valence-electron chi connectivity index (χ3n) is 4.85. The second-order valence-corrected chi connectivity index (χ2v) is 8.15. The third-order valence-corrected chi connectivity index (χ3v) is 5.86. The predicted octanol–water partition coefficient (Wildman–Crippen LogP) is 6.48. The van der Waals surface area contributed by atoms with Crippen molar-refractivity contribution in [1.82, 2.24) is 9.78 Å². The molecule has 0 spiro atoms. The zero-order chi connectivity index (χ0) is 22.7. The molecule has 0 bridgehead atoms. The van der Waals surface area contributed by atoms with E-state index in [2.05, 4.69) is 5.10 Å². The zero-order valence-electron chi connectivity index (χ0n) is 17.5. The quantitative estimate of drug-likeness (QED) is 0.221. The number of carbonyl (C=O) groups excluding carboxylic acids is 1. The maximum Gasteiger partial charge on any atom is 0.189 e. The summed E-state index contributed by atoms with van der Waals surface area (Å²) in [7, 11) is 3.40. The van der Waals surface area contributed by atoms with E-state index in [4.69, 9.17) is 44.3 Å². The number of nitrogens with zero attached hydrogens (tertiary/aromatic N) is 2. The van der Waals surface area contributed by atoms with Crippen molar-refractivity contribution in [1.29, 1.82) is 0 Å². The molecule has 0 N–H and O–H groups in total. The predicted molar refractivity (Wildman–Crippen MR) is 125 cm³/mol. The summed E-state index contributed by atoms with van der Waals surface area (Å²) in [5, 5.41) is 5.36. The van der Waals surface area contributed by atoms with Crippen molar-refractivity contribution in [3.63, 3.8) is 0 Å². The second-order valence-electron chi connectivity index (χ2n) is 6.92. The molecule has 0 unspecified atom stereocenters. The Bertz CT molecular complexity index is 1170. The third kappa shape index (κ3) is 5.24. The van der Waals surface area contributed by atoms with Crippen molar-refractivity contribution < 1.29 is 14.3 Å². The molecule has 8 heteroatoms. The molecule has 0 aliphatic heterocycles. The summed E-state index contributed by atoms with van der Waals surface area (Å²) in [5.41, 5.74) is 3.76. The number of hydrogen-bond acceptors (Lipinski definition) is 4. The van der Waals surface area contributed by atoms with Crippen molar-refractivity contribution in [2.24, 2.45) is 7.05 Å². The molecule has 1 aromatic heterocycles. The molecule has 1 heterocycles. The van der Waals surface area contributed by atoms with Gasteiger partial charge in [0.25, 0.3) is 0 Å². The average molecular weight is 480 g/mol. The van der Waals surface area contributed by atoms with Crippen LogP contribution in [-0.2, 0) is 13.7 Å². The van der Waals surface area contributed by atoms with Gasteiger partial charge in [-0.15, -0.1) is 0 Å². The Labute approximate surface area is 196 Å². The van der Waals surface area contributed by atoms with Gasteiger partial charge in [-0.2, -0.15) is 5.10 Å². The van der Waals surface area contributed by atoms with Crippen LogP contribution in [-0.4, -0.2) is 22.7 Å². The van der Waals surface area contributed by atoms with Crippen LogP contribution >= 0.6 is 34.8 Å². The number of carbonyl (C=O) groups is 1. The Kier molecular flexibility index (Phi) is 7.31. The Hall–Kier alpha value is -2.47. The molecule has 0 atom stereocenters. The van der Waals surface area contributed by atoms with E-state index in [-0.39, 0.29) is 12.4 Å². The normalized spacial score (nSPS) is 11.2. The van der Waals surface area contributed by atoms with E-state index in [1.54, 1.807) is 30.0 Å². The lowest BCUT2D eigenvalue weighted by Crippen LogP contribution is -2.01. The van der Waals surface area contributed by atoms with Crippen molar-refractivity contribution in [3.8, 4) is 11.5 Å². The van der Waals surface area contributed by atoms with Gasteiger partial charge in [0.1, 0.15) is 18.1 Å². The largest absolute Gasteiger partial charge is 0.496 e. The molecule has 0 aliphatic rings. The Balaban J connectivity index is 1.81. The first-order valence-electron chi connectivity index (χ1n) is 9.38. The Morgan fingerprint density at radius 3 is 2.42 bits per heavy atom. The second kappa shape index (κ2) is 9.77. The van der Waals surface area contributed by atoms with Crippen LogP contribution in [0.25, 0.3) is 6.08 Å². The fourth-order valence-electron chi connectivity index (χ4n) is 3.17. The van der Waals surface area contributed by atoms with Gasteiger partial charge in [-0.1, -0.05) is 46.9 Å². The standard InChI is InChI=1S/C23H21Cl3N2O3/c1-13-23(14(2)28(3)27-13)20(29)7-5-15-6-8-21(30-4)16(9-15)12-31-22-11-18(25)17(24)10-19(22)26/h5-11H,12H2,1-4H3/b7-5+. The summed E-state index contributed by atoms with van der Waals surface area (Å²) in [6.07, 6.45) is 3.29. The SMILES string of the molecule is COc1ccc(/C=C/C(=O)c2c(C)nn(C)c2C)cc1COc1cc(Cl)c(Cl)cc1Cl. The van der Waals surface area contributed by atoms with Gasteiger partial charge in [0.2, 0.25) is 0 Å². The molecular formula is C23H21Cl3N2O3. The van der Waals surface area contributed by atoms with Gasteiger partial charge in [-0.25, -0.2) is 0 Å². The first-order chi connectivity index (χ1) is 14.7. The van der Waals surface area contributed by atoms with Gasteiger partial charge in [0.15, 0.2) is 5.78 Å².